The lowest BCUT2D eigenvalue weighted by Gasteiger charge is -2.10. The number of thiocarbonyl (C=S) groups is 1. The predicted molar refractivity (Wildman–Crippen MR) is 89.5 cm³/mol. The monoisotopic (exact) mass is 318 g/mol. The number of benzene rings is 1. The molecule has 0 radical (unpaired) electrons. The first-order chi connectivity index (χ1) is 10.7. The third-order valence-corrected chi connectivity index (χ3v) is 3.20. The summed E-state index contributed by atoms with van der Waals surface area (Å²) in [6.07, 6.45) is 2.28. The molecule has 0 aliphatic carbocycles. The van der Waals surface area contributed by atoms with Gasteiger partial charge in [-0.1, -0.05) is 12.1 Å². The van der Waals surface area contributed by atoms with E-state index in [1.807, 2.05) is 24.3 Å². The second-order valence-corrected chi connectivity index (χ2v) is 4.83. The van der Waals surface area contributed by atoms with Gasteiger partial charge in [0.2, 0.25) is 5.88 Å². The fourth-order valence-corrected chi connectivity index (χ4v) is 2.00. The van der Waals surface area contributed by atoms with E-state index in [1.165, 1.54) is 11.9 Å². The molecule has 2 rings (SSSR count). The maximum absolute atomic E-state index is 5.23. The van der Waals surface area contributed by atoms with Crippen molar-refractivity contribution in [3.05, 3.63) is 42.2 Å². The minimum absolute atomic E-state index is 0.485. The molecular weight excluding hydrogens is 300 g/mol. The highest BCUT2D eigenvalue weighted by molar-refractivity contribution is 7.80. The van der Waals surface area contributed by atoms with Gasteiger partial charge in [-0.3, -0.25) is 0 Å². The minimum atomic E-state index is 0.485. The Hall–Kier alpha value is -2.41. The Morgan fingerprint density at radius 3 is 2.59 bits per heavy atom. The van der Waals surface area contributed by atoms with Gasteiger partial charge in [0, 0.05) is 12.6 Å². The molecule has 7 heteroatoms. The number of nitrogens with zero attached hydrogens (tertiary/aromatic N) is 2. The summed E-state index contributed by atoms with van der Waals surface area (Å²) in [5.74, 6) is 1.93. The van der Waals surface area contributed by atoms with E-state index in [4.69, 9.17) is 21.7 Å². The van der Waals surface area contributed by atoms with Gasteiger partial charge in [-0.25, -0.2) is 9.97 Å². The molecule has 0 saturated heterocycles. The smallest absolute Gasteiger partial charge is 0.218 e. The Labute approximate surface area is 134 Å². The Morgan fingerprint density at radius 1 is 1.14 bits per heavy atom. The average molecular weight is 318 g/mol. The second kappa shape index (κ2) is 8.14. The number of methoxy groups -OCH3 is 2. The first-order valence-electron chi connectivity index (χ1n) is 6.75. The number of anilines is 1. The van der Waals surface area contributed by atoms with Crippen LogP contribution < -0.4 is 20.1 Å². The quantitative estimate of drug-likeness (QED) is 0.790. The van der Waals surface area contributed by atoms with Crippen LogP contribution in [0.1, 0.15) is 5.56 Å². The molecule has 116 valence electrons. The number of ether oxygens (including phenoxy) is 2. The first kappa shape index (κ1) is 16.0. The highest BCUT2D eigenvalue weighted by Crippen LogP contribution is 2.11. The van der Waals surface area contributed by atoms with Crippen molar-refractivity contribution in [1.29, 1.82) is 0 Å². The molecule has 0 fully saturated rings. The van der Waals surface area contributed by atoms with Crippen molar-refractivity contribution in [2.45, 2.75) is 6.42 Å². The molecule has 6 nitrogen and oxygen atoms in total. The topological polar surface area (TPSA) is 68.3 Å². The van der Waals surface area contributed by atoms with Crippen molar-refractivity contribution in [2.75, 3.05) is 26.1 Å². The number of aromatic nitrogens is 2. The molecule has 0 saturated carbocycles. The molecule has 0 atom stereocenters. The van der Waals surface area contributed by atoms with Gasteiger partial charge < -0.3 is 20.1 Å². The van der Waals surface area contributed by atoms with Crippen LogP contribution in [0.2, 0.25) is 0 Å². The molecular formula is C15H18N4O2S. The summed E-state index contributed by atoms with van der Waals surface area (Å²) in [6, 6.07) is 9.63. The average Bonchev–Trinajstić information content (AvgIpc) is 2.55. The predicted octanol–water partition coefficient (Wildman–Crippen LogP) is 2.02. The van der Waals surface area contributed by atoms with Crippen molar-refractivity contribution >= 4 is 23.1 Å². The third-order valence-electron chi connectivity index (χ3n) is 2.95. The summed E-state index contributed by atoms with van der Waals surface area (Å²) in [5, 5.41) is 6.63. The third kappa shape index (κ3) is 4.85. The Morgan fingerprint density at radius 2 is 1.91 bits per heavy atom. The molecule has 2 N–H and O–H groups in total. The molecule has 1 aromatic heterocycles. The molecule has 0 spiro atoms. The summed E-state index contributed by atoms with van der Waals surface area (Å²) < 4.78 is 10.2. The SMILES string of the molecule is COc1ccc(CCNC(=S)Nc2cc(OC)ncn2)cc1. The van der Waals surface area contributed by atoms with Gasteiger partial charge in [0.05, 0.1) is 14.2 Å². The number of hydrogen-bond donors (Lipinski definition) is 2. The van der Waals surface area contributed by atoms with Crippen LogP contribution in [0.25, 0.3) is 0 Å². The Kier molecular flexibility index (Phi) is 5.91. The van der Waals surface area contributed by atoms with Gasteiger partial charge in [-0.2, -0.15) is 0 Å². The van der Waals surface area contributed by atoms with Crippen LogP contribution in [0.5, 0.6) is 11.6 Å². The van der Waals surface area contributed by atoms with E-state index in [1.54, 1.807) is 20.3 Å². The molecule has 0 aliphatic rings. The molecule has 2 aromatic rings. The largest absolute Gasteiger partial charge is 0.497 e. The van der Waals surface area contributed by atoms with Crippen LogP contribution in [0.15, 0.2) is 36.7 Å². The summed E-state index contributed by atoms with van der Waals surface area (Å²) >= 11 is 5.23. The molecule has 0 amide bonds. The van der Waals surface area contributed by atoms with Crippen LogP contribution in [-0.4, -0.2) is 35.8 Å². The van der Waals surface area contributed by atoms with E-state index in [9.17, 15) is 0 Å². The van der Waals surface area contributed by atoms with Crippen molar-refractivity contribution in [3.63, 3.8) is 0 Å². The number of hydrogen-bond acceptors (Lipinski definition) is 5. The number of nitrogens with one attached hydrogen (secondary N) is 2. The van der Waals surface area contributed by atoms with Crippen LogP contribution in [0.3, 0.4) is 0 Å². The summed E-state index contributed by atoms with van der Waals surface area (Å²) in [6.45, 7) is 0.723. The van der Waals surface area contributed by atoms with E-state index in [0.717, 1.165) is 18.7 Å². The van der Waals surface area contributed by atoms with E-state index in [2.05, 4.69) is 20.6 Å². The lowest BCUT2D eigenvalue weighted by atomic mass is 10.1. The van der Waals surface area contributed by atoms with Gasteiger partial charge >= 0.3 is 0 Å². The maximum atomic E-state index is 5.23. The summed E-state index contributed by atoms with van der Waals surface area (Å²) in [7, 11) is 3.21. The summed E-state index contributed by atoms with van der Waals surface area (Å²) in [4.78, 5) is 8.00. The van der Waals surface area contributed by atoms with E-state index < -0.39 is 0 Å². The van der Waals surface area contributed by atoms with E-state index >= 15 is 0 Å². The first-order valence-corrected chi connectivity index (χ1v) is 7.16. The Bertz CT molecular complexity index is 619. The molecule has 0 unspecified atom stereocenters. The van der Waals surface area contributed by atoms with Crippen molar-refractivity contribution < 1.29 is 9.47 Å². The molecule has 1 heterocycles. The molecule has 22 heavy (non-hydrogen) atoms. The van der Waals surface area contributed by atoms with Gasteiger partial charge in [0.25, 0.3) is 0 Å². The fraction of sp³-hybridized carbons (Fsp3) is 0.267. The van der Waals surface area contributed by atoms with Crippen LogP contribution >= 0.6 is 12.2 Å². The molecule has 0 aliphatic heterocycles. The zero-order chi connectivity index (χ0) is 15.8. The van der Waals surface area contributed by atoms with Crippen LogP contribution in [0, 0.1) is 0 Å². The van der Waals surface area contributed by atoms with Crippen molar-refractivity contribution in [2.24, 2.45) is 0 Å². The highest BCUT2D eigenvalue weighted by atomic mass is 32.1. The minimum Gasteiger partial charge on any atom is -0.497 e. The standard InChI is InChI=1S/C15H18N4O2S/c1-20-12-5-3-11(4-6-12)7-8-16-15(22)19-13-9-14(21-2)18-10-17-13/h3-6,9-10H,7-8H2,1-2H3,(H2,16,17,18,19,22). The van der Waals surface area contributed by atoms with E-state index in [0.29, 0.717) is 16.8 Å². The lowest BCUT2D eigenvalue weighted by Crippen LogP contribution is -2.30. The van der Waals surface area contributed by atoms with Gasteiger partial charge in [-0.15, -0.1) is 0 Å². The summed E-state index contributed by atoms with van der Waals surface area (Å²) in [5.41, 5.74) is 1.21. The van der Waals surface area contributed by atoms with Crippen molar-refractivity contribution in [3.8, 4) is 11.6 Å². The fourth-order valence-electron chi connectivity index (χ4n) is 1.79. The number of rotatable bonds is 6. The zero-order valence-corrected chi connectivity index (χ0v) is 13.3. The zero-order valence-electron chi connectivity index (χ0n) is 12.5. The maximum Gasteiger partial charge on any atom is 0.218 e. The van der Waals surface area contributed by atoms with Gasteiger partial charge in [0.1, 0.15) is 17.9 Å². The highest BCUT2D eigenvalue weighted by Gasteiger charge is 2.01. The van der Waals surface area contributed by atoms with Crippen molar-refractivity contribution in [1.82, 2.24) is 15.3 Å². The molecule has 1 aromatic carbocycles. The van der Waals surface area contributed by atoms with Gasteiger partial charge in [0.15, 0.2) is 5.11 Å². The van der Waals surface area contributed by atoms with Crippen LogP contribution in [-0.2, 0) is 6.42 Å². The normalized spacial score (nSPS) is 9.91. The lowest BCUT2D eigenvalue weighted by molar-refractivity contribution is 0.397. The Balaban J connectivity index is 1.77. The van der Waals surface area contributed by atoms with Crippen LogP contribution in [0.4, 0.5) is 5.82 Å². The molecule has 0 bridgehead atoms. The second-order valence-electron chi connectivity index (χ2n) is 4.42. The van der Waals surface area contributed by atoms with E-state index in [-0.39, 0.29) is 0 Å². The van der Waals surface area contributed by atoms with Gasteiger partial charge in [-0.05, 0) is 36.3 Å².